The van der Waals surface area contributed by atoms with E-state index in [-0.39, 0.29) is 30.1 Å². The molecule has 0 bridgehead atoms. The van der Waals surface area contributed by atoms with Crippen LogP contribution in [0.3, 0.4) is 0 Å². The minimum absolute atomic E-state index is 0.0667. The fourth-order valence-electron chi connectivity index (χ4n) is 4.78. The van der Waals surface area contributed by atoms with Crippen molar-refractivity contribution < 1.29 is 39.1 Å². The van der Waals surface area contributed by atoms with Gasteiger partial charge in [0.15, 0.2) is 0 Å². The highest BCUT2D eigenvalue weighted by molar-refractivity contribution is 7.99. The van der Waals surface area contributed by atoms with Crippen LogP contribution in [-0.4, -0.2) is 120 Å². The first-order chi connectivity index (χ1) is 15.2. The molecule has 0 aliphatic carbocycles. The Morgan fingerprint density at radius 1 is 1.19 bits per heavy atom. The normalized spacial score (nSPS) is 44.4. The third kappa shape index (κ3) is 5.37. The Kier molecular flexibility index (Phi) is 9.47. The summed E-state index contributed by atoms with van der Waals surface area (Å²) >= 11 is 7.57. The van der Waals surface area contributed by atoms with Gasteiger partial charge in [-0.25, -0.2) is 0 Å². The Bertz CT molecular complexity index is 632. The smallest absolute Gasteiger partial charge is 0.240 e. The van der Waals surface area contributed by atoms with Crippen LogP contribution in [0.5, 0.6) is 0 Å². The number of amides is 1. The number of carbonyl (C=O) groups excluding carboxylic acids is 1. The molecule has 1 amide bonds. The van der Waals surface area contributed by atoms with Gasteiger partial charge in [0.25, 0.3) is 0 Å². The number of carbonyl (C=O) groups is 1. The standard InChI is InChI=1S/C20H35ClN2O8S/c1-8(21)12(18-15(25)14(24)16(26)20(31-18)32-4)23-19(27)13-17-9(6-22-13)5-10(28-2)11(29-3)7-30-17/h8-18,20,22,24-26H,5-7H2,1-4H3,(H,23,27)/t8-,9-,10+,11-,12+,13-,14?,15?,16?,17+,18?,20?/m0/s1. The maximum Gasteiger partial charge on any atom is 0.240 e. The van der Waals surface area contributed by atoms with Gasteiger partial charge >= 0.3 is 0 Å². The molecule has 0 aromatic heterocycles. The monoisotopic (exact) mass is 498 g/mol. The molecule has 5 N–H and O–H groups in total. The van der Waals surface area contributed by atoms with Gasteiger partial charge in [-0.15, -0.1) is 23.4 Å². The fourth-order valence-corrected chi connectivity index (χ4v) is 5.67. The first-order valence-corrected chi connectivity index (χ1v) is 12.5. The molecule has 0 spiro atoms. The molecule has 12 heteroatoms. The van der Waals surface area contributed by atoms with Crippen LogP contribution in [0, 0.1) is 5.92 Å². The third-order valence-corrected chi connectivity index (χ3v) is 7.81. The summed E-state index contributed by atoms with van der Waals surface area (Å²) in [5, 5.41) is 36.4. The Balaban J connectivity index is 1.71. The average Bonchev–Trinajstić information content (AvgIpc) is 3.09. The summed E-state index contributed by atoms with van der Waals surface area (Å²) in [6.45, 7) is 2.57. The summed E-state index contributed by atoms with van der Waals surface area (Å²) in [4.78, 5) is 13.2. The quantitative estimate of drug-likeness (QED) is 0.268. The minimum atomic E-state index is -1.42. The van der Waals surface area contributed by atoms with Gasteiger partial charge in [-0.05, 0) is 19.6 Å². The van der Waals surface area contributed by atoms with Gasteiger partial charge in [0.05, 0.1) is 30.2 Å². The van der Waals surface area contributed by atoms with E-state index in [9.17, 15) is 20.1 Å². The first kappa shape index (κ1) is 26.4. The highest BCUT2D eigenvalue weighted by Crippen LogP contribution is 2.32. The molecule has 3 saturated heterocycles. The average molecular weight is 499 g/mol. The Hall–Kier alpha value is -0.210. The van der Waals surface area contributed by atoms with Crippen LogP contribution < -0.4 is 10.6 Å². The largest absolute Gasteiger partial charge is 0.388 e. The molecular weight excluding hydrogens is 464 g/mol. The van der Waals surface area contributed by atoms with Crippen molar-refractivity contribution in [1.29, 1.82) is 0 Å². The molecule has 0 radical (unpaired) electrons. The van der Waals surface area contributed by atoms with Crippen molar-refractivity contribution >= 4 is 29.3 Å². The van der Waals surface area contributed by atoms with E-state index in [1.54, 1.807) is 27.4 Å². The highest BCUT2D eigenvalue weighted by atomic mass is 35.5. The summed E-state index contributed by atoms with van der Waals surface area (Å²) in [7, 11) is 3.25. The number of ether oxygens (including phenoxy) is 4. The Morgan fingerprint density at radius 3 is 2.47 bits per heavy atom. The van der Waals surface area contributed by atoms with Crippen molar-refractivity contribution in [1.82, 2.24) is 10.6 Å². The maximum atomic E-state index is 13.2. The second-order valence-electron chi connectivity index (χ2n) is 8.62. The predicted molar refractivity (Wildman–Crippen MR) is 119 cm³/mol. The summed E-state index contributed by atoms with van der Waals surface area (Å²) in [5.74, 6) is -0.269. The molecule has 186 valence electrons. The van der Waals surface area contributed by atoms with Crippen molar-refractivity contribution in [2.24, 2.45) is 5.92 Å². The van der Waals surface area contributed by atoms with Crippen LogP contribution in [0.1, 0.15) is 13.3 Å². The van der Waals surface area contributed by atoms with Gasteiger partial charge in [0.2, 0.25) is 5.91 Å². The number of rotatable bonds is 7. The van der Waals surface area contributed by atoms with Gasteiger partial charge in [-0.3, -0.25) is 4.79 Å². The van der Waals surface area contributed by atoms with E-state index in [1.807, 2.05) is 0 Å². The summed E-state index contributed by atoms with van der Waals surface area (Å²) in [6.07, 6.45) is -3.39. The molecule has 0 aromatic rings. The minimum Gasteiger partial charge on any atom is -0.388 e. The molecule has 0 aromatic carbocycles. The number of thioether (sulfide) groups is 1. The maximum absolute atomic E-state index is 13.2. The number of aliphatic hydroxyl groups is 3. The molecule has 3 fully saturated rings. The molecule has 10 nitrogen and oxygen atoms in total. The zero-order valence-corrected chi connectivity index (χ0v) is 20.3. The summed E-state index contributed by atoms with van der Waals surface area (Å²) in [5.41, 5.74) is -0.760. The molecule has 32 heavy (non-hydrogen) atoms. The molecule has 3 aliphatic heterocycles. The van der Waals surface area contributed by atoms with Crippen LogP contribution in [0.4, 0.5) is 0 Å². The number of hydrogen-bond donors (Lipinski definition) is 5. The van der Waals surface area contributed by atoms with Gasteiger partial charge < -0.3 is 44.9 Å². The van der Waals surface area contributed by atoms with Crippen LogP contribution in [0.15, 0.2) is 0 Å². The molecule has 0 saturated carbocycles. The van der Waals surface area contributed by atoms with E-state index < -0.39 is 47.3 Å². The lowest BCUT2D eigenvalue weighted by Crippen LogP contribution is -2.65. The number of alkyl halides is 1. The molecule has 3 heterocycles. The molecule has 12 atom stereocenters. The number of methoxy groups -OCH3 is 2. The summed E-state index contributed by atoms with van der Waals surface area (Å²) in [6, 6.07) is -1.43. The third-order valence-electron chi connectivity index (χ3n) is 6.68. The first-order valence-electron chi connectivity index (χ1n) is 10.8. The van der Waals surface area contributed by atoms with E-state index in [0.717, 1.165) is 0 Å². The van der Waals surface area contributed by atoms with E-state index in [4.69, 9.17) is 30.5 Å². The zero-order chi connectivity index (χ0) is 23.6. The molecule has 3 aliphatic rings. The van der Waals surface area contributed by atoms with E-state index in [1.165, 1.54) is 11.8 Å². The fraction of sp³-hybridized carbons (Fsp3) is 0.950. The lowest BCUT2D eigenvalue weighted by atomic mass is 9.92. The number of halogens is 1. The second kappa shape index (κ2) is 11.5. The zero-order valence-electron chi connectivity index (χ0n) is 18.7. The SMILES string of the molecule is CO[C@H]1CO[C@@H]2[C@H](CN[C@@H]2C(=O)N[C@@H](C2OC(SC)C(O)C(O)C2O)[C@H](C)Cl)C[C@H]1OC. The van der Waals surface area contributed by atoms with Crippen molar-refractivity contribution in [3.05, 3.63) is 0 Å². The van der Waals surface area contributed by atoms with Gasteiger partial charge in [0, 0.05) is 26.7 Å². The van der Waals surface area contributed by atoms with Crippen LogP contribution in [0.2, 0.25) is 0 Å². The van der Waals surface area contributed by atoms with E-state index in [0.29, 0.717) is 19.6 Å². The molecule has 3 rings (SSSR count). The van der Waals surface area contributed by atoms with Gasteiger partial charge in [0.1, 0.15) is 42.0 Å². The number of aliphatic hydroxyl groups excluding tert-OH is 3. The lowest BCUT2D eigenvalue weighted by molar-refractivity contribution is -0.205. The van der Waals surface area contributed by atoms with Crippen LogP contribution >= 0.6 is 23.4 Å². The number of nitrogens with one attached hydrogen (secondary N) is 2. The van der Waals surface area contributed by atoms with Crippen LogP contribution in [-0.2, 0) is 23.7 Å². The Morgan fingerprint density at radius 2 is 1.88 bits per heavy atom. The van der Waals surface area contributed by atoms with Gasteiger partial charge in [-0.1, -0.05) is 0 Å². The predicted octanol–water partition coefficient (Wildman–Crippen LogP) is -1.32. The number of fused-ring (bicyclic) bond motifs is 1. The van der Waals surface area contributed by atoms with Gasteiger partial charge in [-0.2, -0.15) is 0 Å². The van der Waals surface area contributed by atoms with E-state index in [2.05, 4.69) is 10.6 Å². The van der Waals surface area contributed by atoms with Crippen molar-refractivity contribution in [2.75, 3.05) is 33.6 Å². The van der Waals surface area contributed by atoms with Crippen molar-refractivity contribution in [3.8, 4) is 0 Å². The topological polar surface area (TPSA) is 139 Å². The highest BCUT2D eigenvalue weighted by Gasteiger charge is 2.50. The Labute approximate surface area is 197 Å². The molecule has 5 unspecified atom stereocenters. The second-order valence-corrected chi connectivity index (χ2v) is 10.2. The van der Waals surface area contributed by atoms with Crippen LogP contribution in [0.25, 0.3) is 0 Å². The molecular formula is C20H35ClN2O8S. The van der Waals surface area contributed by atoms with Crippen molar-refractivity contribution in [2.45, 2.75) is 79.0 Å². The lowest BCUT2D eigenvalue weighted by Gasteiger charge is -2.44. The van der Waals surface area contributed by atoms with Crippen molar-refractivity contribution in [3.63, 3.8) is 0 Å². The summed E-state index contributed by atoms with van der Waals surface area (Å²) < 4.78 is 22.9. The van der Waals surface area contributed by atoms with E-state index >= 15 is 0 Å². The number of hydrogen-bond acceptors (Lipinski definition) is 10.